The molecule has 6 rings (SSSR count). The summed E-state index contributed by atoms with van der Waals surface area (Å²) in [4.78, 5) is 8.80. The summed E-state index contributed by atoms with van der Waals surface area (Å²) < 4.78 is 47.8. The number of aryl methyl sites for hydroxylation is 2. The quantitative estimate of drug-likeness (QED) is 0.128. The van der Waals surface area contributed by atoms with Crippen molar-refractivity contribution in [3.05, 3.63) is 137 Å². The lowest BCUT2D eigenvalue weighted by Gasteiger charge is -2.12. The lowest BCUT2D eigenvalue weighted by molar-refractivity contribution is 0.306. The Kier molecular flexibility index (Phi) is 14.5. The Labute approximate surface area is 297 Å². The molecule has 0 atom stereocenters. The van der Waals surface area contributed by atoms with E-state index < -0.39 is 9.84 Å². The van der Waals surface area contributed by atoms with Gasteiger partial charge in [-0.15, -0.1) is 0 Å². The molecule has 0 aliphatic heterocycles. The molecule has 0 spiro atoms. The number of sulfone groups is 1. The van der Waals surface area contributed by atoms with Crippen molar-refractivity contribution in [2.45, 2.75) is 34.4 Å². The first kappa shape index (κ1) is 39.6. The second-order valence-corrected chi connectivity index (χ2v) is 14.0. The van der Waals surface area contributed by atoms with E-state index in [4.69, 9.17) is 20.8 Å². The van der Waals surface area contributed by atoms with E-state index in [2.05, 4.69) is 58.7 Å². The molecule has 0 bridgehead atoms. The third-order valence-corrected chi connectivity index (χ3v) is 8.47. The molecule has 50 heavy (non-hydrogen) atoms. The van der Waals surface area contributed by atoms with Gasteiger partial charge in [-0.2, -0.15) is 0 Å². The standard InChI is InChI=1S/C29H26ClFN4O4S.C8H10.CH4.H2O/c1-40(36,37)12-11-32-16-23-7-10-27(39-23)20-5-8-26-24(14-20)29(34-18-33-26)35-22-6-9-28(25(30)15-22)38-17-19-3-2-4-21(31)13-19;1-7-3-5-8(2)6-4-7;;/h2-10,13-15,18,32H,11-12,16-17H2,1H3,(H,33,34,35);3-6H,1-2H3;1H4;1H2. The molecule has 0 radical (unpaired) electrons. The molecule has 0 saturated heterocycles. The topological polar surface area (TPSA) is 138 Å². The maximum Gasteiger partial charge on any atom is 0.148 e. The largest absolute Gasteiger partial charge is 0.487 e. The molecular formula is C38H42ClFN4O5S. The van der Waals surface area contributed by atoms with E-state index in [0.717, 1.165) is 16.5 Å². The number of hydrogen-bond donors (Lipinski definition) is 2. The normalized spacial score (nSPS) is 10.7. The lowest BCUT2D eigenvalue weighted by Crippen LogP contribution is -2.21. The van der Waals surface area contributed by atoms with Gasteiger partial charge in [-0.3, -0.25) is 0 Å². The summed E-state index contributed by atoms with van der Waals surface area (Å²) >= 11 is 6.47. The molecule has 0 saturated carbocycles. The van der Waals surface area contributed by atoms with Crippen LogP contribution in [0.3, 0.4) is 0 Å². The maximum absolute atomic E-state index is 13.4. The van der Waals surface area contributed by atoms with Crippen molar-refractivity contribution in [2.24, 2.45) is 0 Å². The first-order chi connectivity index (χ1) is 23.0. The number of ether oxygens (including phenoxy) is 1. The number of benzene rings is 4. The van der Waals surface area contributed by atoms with Crippen molar-refractivity contribution >= 4 is 43.8 Å². The van der Waals surface area contributed by atoms with E-state index in [1.165, 1.54) is 35.8 Å². The van der Waals surface area contributed by atoms with Gasteiger partial charge in [-0.05, 0) is 80.1 Å². The monoisotopic (exact) mass is 720 g/mol. The lowest BCUT2D eigenvalue weighted by atomic mass is 10.1. The average molecular weight is 721 g/mol. The highest BCUT2D eigenvalue weighted by atomic mass is 35.5. The summed E-state index contributed by atoms with van der Waals surface area (Å²) in [6.07, 6.45) is 2.69. The molecule has 9 nitrogen and oxygen atoms in total. The van der Waals surface area contributed by atoms with Crippen LogP contribution in [0.5, 0.6) is 5.75 Å². The molecule has 264 valence electrons. The van der Waals surface area contributed by atoms with Gasteiger partial charge >= 0.3 is 0 Å². The van der Waals surface area contributed by atoms with Gasteiger partial charge in [0, 0.05) is 29.4 Å². The molecule has 0 fully saturated rings. The Bertz CT molecular complexity index is 2090. The second-order valence-electron chi connectivity index (χ2n) is 11.4. The predicted molar refractivity (Wildman–Crippen MR) is 200 cm³/mol. The number of fused-ring (bicyclic) bond motifs is 1. The van der Waals surface area contributed by atoms with Crippen molar-refractivity contribution < 1.29 is 27.4 Å². The molecule has 4 N–H and O–H groups in total. The van der Waals surface area contributed by atoms with E-state index in [-0.39, 0.29) is 31.1 Å². The third-order valence-electron chi connectivity index (χ3n) is 7.23. The Hall–Kier alpha value is -4.81. The van der Waals surface area contributed by atoms with Crippen LogP contribution in [0.2, 0.25) is 5.02 Å². The van der Waals surface area contributed by atoms with Gasteiger partial charge in [0.2, 0.25) is 0 Å². The number of halogens is 2. The summed E-state index contributed by atoms with van der Waals surface area (Å²) in [5.74, 6) is 2.17. The molecule has 12 heteroatoms. The highest BCUT2D eigenvalue weighted by Crippen LogP contribution is 2.33. The van der Waals surface area contributed by atoms with Crippen molar-refractivity contribution in [1.82, 2.24) is 15.3 Å². The third kappa shape index (κ3) is 11.7. The van der Waals surface area contributed by atoms with Crippen LogP contribution in [0.25, 0.3) is 22.2 Å². The average Bonchev–Trinajstić information content (AvgIpc) is 3.53. The van der Waals surface area contributed by atoms with E-state index in [9.17, 15) is 12.8 Å². The molecule has 0 aliphatic rings. The fourth-order valence-corrected chi connectivity index (χ4v) is 5.41. The van der Waals surface area contributed by atoms with Crippen LogP contribution in [-0.2, 0) is 23.0 Å². The number of aromatic nitrogens is 2. The minimum atomic E-state index is -3.02. The van der Waals surface area contributed by atoms with Crippen LogP contribution in [0.4, 0.5) is 15.9 Å². The molecule has 4 aromatic carbocycles. The molecule has 0 amide bonds. The minimum absolute atomic E-state index is 0. The SMILES string of the molecule is C.CS(=O)(=O)CCNCc1ccc(-c2ccc3ncnc(Nc4ccc(OCc5cccc(F)c5)c(Cl)c4)c3c2)o1.Cc1ccc(C)cc1.O. The molecule has 6 aromatic rings. The van der Waals surface area contributed by atoms with Crippen LogP contribution >= 0.6 is 11.6 Å². The highest BCUT2D eigenvalue weighted by Gasteiger charge is 2.11. The van der Waals surface area contributed by atoms with Gasteiger partial charge in [0.15, 0.2) is 0 Å². The number of hydrogen-bond acceptors (Lipinski definition) is 8. The Morgan fingerprint density at radius 2 is 1.64 bits per heavy atom. The Balaban J connectivity index is 0.000000597. The smallest absolute Gasteiger partial charge is 0.148 e. The summed E-state index contributed by atoms with van der Waals surface area (Å²) in [6, 6.07) is 29.5. The predicted octanol–water partition coefficient (Wildman–Crippen LogP) is 8.25. The fraction of sp³-hybridized carbons (Fsp3) is 0.211. The van der Waals surface area contributed by atoms with Gasteiger partial charge in [0.1, 0.15) is 51.7 Å². The van der Waals surface area contributed by atoms with Crippen LogP contribution in [0.1, 0.15) is 29.9 Å². The number of anilines is 2. The summed E-state index contributed by atoms with van der Waals surface area (Å²) in [5.41, 5.74) is 5.65. The number of rotatable bonds is 11. The van der Waals surface area contributed by atoms with Crippen LogP contribution < -0.4 is 15.4 Å². The first-order valence-corrected chi connectivity index (χ1v) is 17.7. The molecule has 2 aromatic heterocycles. The van der Waals surface area contributed by atoms with E-state index in [0.29, 0.717) is 52.5 Å². The summed E-state index contributed by atoms with van der Waals surface area (Å²) in [6.45, 7) is 5.15. The van der Waals surface area contributed by atoms with Crippen molar-refractivity contribution in [3.63, 3.8) is 0 Å². The molecular weight excluding hydrogens is 679 g/mol. The number of nitrogens with one attached hydrogen (secondary N) is 2. The molecule has 0 aliphatic carbocycles. The van der Waals surface area contributed by atoms with Crippen LogP contribution in [0.15, 0.2) is 108 Å². The fourth-order valence-electron chi connectivity index (χ4n) is 4.66. The first-order valence-electron chi connectivity index (χ1n) is 15.2. The van der Waals surface area contributed by atoms with Crippen molar-refractivity contribution in [1.29, 1.82) is 0 Å². The highest BCUT2D eigenvalue weighted by molar-refractivity contribution is 7.90. The Morgan fingerprint density at radius 3 is 2.32 bits per heavy atom. The summed E-state index contributed by atoms with van der Waals surface area (Å²) in [7, 11) is -3.02. The maximum atomic E-state index is 13.4. The zero-order chi connectivity index (χ0) is 34.1. The molecule has 0 unspecified atom stereocenters. The zero-order valence-corrected chi connectivity index (χ0v) is 28.9. The van der Waals surface area contributed by atoms with Gasteiger partial charge in [-0.25, -0.2) is 22.8 Å². The second kappa shape index (κ2) is 18.3. The van der Waals surface area contributed by atoms with Gasteiger partial charge in [0.05, 0.1) is 22.8 Å². The summed E-state index contributed by atoms with van der Waals surface area (Å²) in [5, 5.41) is 7.56. The van der Waals surface area contributed by atoms with E-state index >= 15 is 0 Å². The van der Waals surface area contributed by atoms with Crippen LogP contribution in [0, 0.1) is 19.7 Å². The minimum Gasteiger partial charge on any atom is -0.487 e. The zero-order valence-electron chi connectivity index (χ0n) is 27.3. The van der Waals surface area contributed by atoms with Crippen molar-refractivity contribution in [2.75, 3.05) is 23.9 Å². The van der Waals surface area contributed by atoms with E-state index in [1.54, 1.807) is 24.3 Å². The van der Waals surface area contributed by atoms with Gasteiger partial charge < -0.3 is 25.3 Å². The van der Waals surface area contributed by atoms with Gasteiger partial charge in [0.25, 0.3) is 0 Å². The van der Waals surface area contributed by atoms with Gasteiger partial charge in [-0.1, -0.05) is 66.6 Å². The van der Waals surface area contributed by atoms with Crippen molar-refractivity contribution in [3.8, 4) is 17.1 Å². The Morgan fingerprint density at radius 1 is 0.900 bits per heavy atom. The van der Waals surface area contributed by atoms with E-state index in [1.807, 2.05) is 36.4 Å². The number of furan rings is 1. The molecule has 2 heterocycles. The van der Waals surface area contributed by atoms with Crippen LogP contribution in [-0.4, -0.2) is 42.4 Å². The number of nitrogens with zero attached hydrogens (tertiary/aromatic N) is 2.